The van der Waals surface area contributed by atoms with Crippen molar-refractivity contribution in [1.82, 2.24) is 9.97 Å². The molecule has 0 atom stereocenters. The number of hydrogen-bond acceptors (Lipinski definition) is 7. The highest BCUT2D eigenvalue weighted by atomic mass is 19.4. The van der Waals surface area contributed by atoms with Crippen molar-refractivity contribution in [2.75, 3.05) is 38.5 Å². The van der Waals surface area contributed by atoms with E-state index in [-0.39, 0.29) is 36.0 Å². The zero-order valence-electron chi connectivity index (χ0n) is 17.4. The van der Waals surface area contributed by atoms with Gasteiger partial charge >= 0.3 is 6.18 Å². The van der Waals surface area contributed by atoms with Gasteiger partial charge in [0.05, 0.1) is 24.8 Å². The molecule has 0 spiro atoms. The lowest BCUT2D eigenvalue weighted by molar-refractivity contribution is -0.137. The van der Waals surface area contributed by atoms with Crippen molar-refractivity contribution >= 4 is 22.4 Å². The van der Waals surface area contributed by atoms with Gasteiger partial charge in [0.25, 0.3) is 0 Å². The van der Waals surface area contributed by atoms with E-state index >= 15 is 0 Å². The number of halogens is 4. The van der Waals surface area contributed by atoms with Crippen LogP contribution in [0.3, 0.4) is 0 Å². The minimum absolute atomic E-state index is 0.0211. The Bertz CT molecular complexity index is 1090. The SMILES string of the molecule is COCCOc1cc2c(NCc3cc(N)cc(C(F)(F)F)c3)nc(CF)nc2cc1OC. The first-order valence-corrected chi connectivity index (χ1v) is 9.52. The van der Waals surface area contributed by atoms with Crippen molar-refractivity contribution in [1.29, 1.82) is 0 Å². The van der Waals surface area contributed by atoms with Crippen molar-refractivity contribution in [2.24, 2.45) is 0 Å². The zero-order valence-corrected chi connectivity index (χ0v) is 17.4. The molecule has 0 fully saturated rings. The second kappa shape index (κ2) is 9.86. The van der Waals surface area contributed by atoms with Crippen LogP contribution in [0.4, 0.5) is 29.1 Å². The normalized spacial score (nSPS) is 11.6. The van der Waals surface area contributed by atoms with Gasteiger partial charge < -0.3 is 25.3 Å². The van der Waals surface area contributed by atoms with Crippen LogP contribution in [0.15, 0.2) is 30.3 Å². The lowest BCUT2D eigenvalue weighted by Crippen LogP contribution is -2.10. The van der Waals surface area contributed by atoms with Crippen LogP contribution in [0.5, 0.6) is 11.5 Å². The van der Waals surface area contributed by atoms with Gasteiger partial charge in [0.2, 0.25) is 0 Å². The maximum Gasteiger partial charge on any atom is 0.416 e. The van der Waals surface area contributed by atoms with Crippen LogP contribution < -0.4 is 20.5 Å². The summed E-state index contributed by atoms with van der Waals surface area (Å²) in [6, 6.07) is 6.47. The third-order valence-corrected chi connectivity index (χ3v) is 4.49. The molecule has 3 rings (SSSR count). The first kappa shape index (κ1) is 23.3. The lowest BCUT2D eigenvalue weighted by atomic mass is 10.1. The number of nitrogens with two attached hydrogens (primary N) is 1. The predicted octanol–water partition coefficient (Wildman–Crippen LogP) is 4.35. The summed E-state index contributed by atoms with van der Waals surface area (Å²) in [4.78, 5) is 8.31. The van der Waals surface area contributed by atoms with E-state index in [1.54, 1.807) is 12.1 Å². The number of rotatable bonds is 9. The molecule has 2 aromatic carbocycles. The number of alkyl halides is 4. The largest absolute Gasteiger partial charge is 0.493 e. The van der Waals surface area contributed by atoms with Gasteiger partial charge in [-0.3, -0.25) is 0 Å². The van der Waals surface area contributed by atoms with Crippen LogP contribution in [0.1, 0.15) is 17.0 Å². The Balaban J connectivity index is 1.98. The molecule has 3 N–H and O–H groups in total. The minimum atomic E-state index is -4.53. The Hall–Kier alpha value is -3.34. The first-order valence-electron chi connectivity index (χ1n) is 9.52. The van der Waals surface area contributed by atoms with Gasteiger partial charge in [-0.05, 0) is 29.8 Å². The van der Waals surface area contributed by atoms with E-state index in [1.165, 1.54) is 20.3 Å². The third-order valence-electron chi connectivity index (χ3n) is 4.49. The predicted molar refractivity (Wildman–Crippen MR) is 111 cm³/mol. The summed E-state index contributed by atoms with van der Waals surface area (Å²) in [5.74, 6) is 0.922. The number of ether oxygens (including phenoxy) is 3. The van der Waals surface area contributed by atoms with Gasteiger partial charge in [-0.25, -0.2) is 14.4 Å². The molecule has 0 aliphatic carbocycles. The van der Waals surface area contributed by atoms with Gasteiger partial charge in [-0.2, -0.15) is 13.2 Å². The van der Waals surface area contributed by atoms with Gasteiger partial charge in [-0.15, -0.1) is 0 Å². The number of benzene rings is 2. The van der Waals surface area contributed by atoms with Crippen molar-refractivity contribution in [3.8, 4) is 11.5 Å². The second-order valence-corrected chi connectivity index (χ2v) is 6.80. The smallest absolute Gasteiger partial charge is 0.416 e. The zero-order chi connectivity index (χ0) is 23.3. The summed E-state index contributed by atoms with van der Waals surface area (Å²) in [5.41, 5.74) is 5.42. The molecule has 0 saturated carbocycles. The molecule has 1 aromatic heterocycles. The van der Waals surface area contributed by atoms with E-state index in [9.17, 15) is 17.6 Å². The Morgan fingerprint density at radius 1 is 1.00 bits per heavy atom. The summed E-state index contributed by atoms with van der Waals surface area (Å²) in [6.07, 6.45) is -4.53. The monoisotopic (exact) mass is 454 g/mol. The summed E-state index contributed by atoms with van der Waals surface area (Å²) in [6.45, 7) is -0.345. The van der Waals surface area contributed by atoms with Crippen LogP contribution in [0, 0.1) is 0 Å². The molecule has 0 amide bonds. The lowest BCUT2D eigenvalue weighted by Gasteiger charge is -2.15. The fourth-order valence-corrected chi connectivity index (χ4v) is 3.06. The van der Waals surface area contributed by atoms with Crippen LogP contribution in [0.2, 0.25) is 0 Å². The summed E-state index contributed by atoms with van der Waals surface area (Å²) in [7, 11) is 2.99. The highest BCUT2D eigenvalue weighted by Gasteiger charge is 2.31. The molecule has 0 radical (unpaired) electrons. The number of nitrogen functional groups attached to an aromatic ring is 1. The number of fused-ring (bicyclic) bond motifs is 1. The number of hydrogen-bond donors (Lipinski definition) is 2. The molecule has 1 heterocycles. The third kappa shape index (κ3) is 5.47. The molecule has 11 heteroatoms. The molecule has 0 aliphatic rings. The number of nitrogens with zero attached hydrogens (tertiary/aromatic N) is 2. The Morgan fingerprint density at radius 3 is 2.44 bits per heavy atom. The van der Waals surface area contributed by atoms with Gasteiger partial charge in [0.1, 0.15) is 19.1 Å². The Morgan fingerprint density at radius 2 is 1.78 bits per heavy atom. The van der Waals surface area contributed by atoms with E-state index in [4.69, 9.17) is 19.9 Å². The molecule has 0 aliphatic heterocycles. The summed E-state index contributed by atoms with van der Waals surface area (Å²) >= 11 is 0. The van der Waals surface area contributed by atoms with Crippen molar-refractivity contribution in [3.63, 3.8) is 0 Å². The van der Waals surface area contributed by atoms with E-state index < -0.39 is 18.4 Å². The minimum Gasteiger partial charge on any atom is -0.493 e. The highest BCUT2D eigenvalue weighted by molar-refractivity contribution is 5.91. The van der Waals surface area contributed by atoms with Crippen LogP contribution in [-0.4, -0.2) is 37.4 Å². The van der Waals surface area contributed by atoms with Crippen LogP contribution in [-0.2, 0) is 24.1 Å². The van der Waals surface area contributed by atoms with Crippen molar-refractivity contribution in [2.45, 2.75) is 19.4 Å². The fraction of sp³-hybridized carbons (Fsp3) is 0.333. The first-order chi connectivity index (χ1) is 15.2. The number of nitrogens with one attached hydrogen (secondary N) is 1. The molecular weight excluding hydrogens is 432 g/mol. The van der Waals surface area contributed by atoms with Gasteiger partial charge in [-0.1, -0.05) is 0 Å². The van der Waals surface area contributed by atoms with E-state index in [1.807, 2.05) is 0 Å². The molecule has 0 unspecified atom stereocenters. The van der Waals surface area contributed by atoms with Crippen LogP contribution in [0.25, 0.3) is 10.9 Å². The molecule has 172 valence electrons. The standard InChI is InChI=1S/C21H22F4N4O3/c1-30-3-4-32-18-8-15-16(9-17(18)31-2)28-19(10-22)29-20(15)27-11-12-5-13(21(23,24)25)7-14(26)6-12/h5-9H,3-4,10-11,26H2,1-2H3,(H,27,28,29). The molecule has 3 aromatic rings. The maximum absolute atomic E-state index is 13.3. The number of anilines is 2. The molecule has 7 nitrogen and oxygen atoms in total. The van der Waals surface area contributed by atoms with Gasteiger partial charge in [0.15, 0.2) is 17.3 Å². The fourth-order valence-electron chi connectivity index (χ4n) is 3.06. The summed E-state index contributed by atoms with van der Waals surface area (Å²) in [5, 5.41) is 3.44. The maximum atomic E-state index is 13.3. The van der Waals surface area contributed by atoms with E-state index in [2.05, 4.69) is 15.3 Å². The average molecular weight is 454 g/mol. The molecule has 32 heavy (non-hydrogen) atoms. The molecule has 0 bridgehead atoms. The number of methoxy groups -OCH3 is 2. The van der Waals surface area contributed by atoms with Gasteiger partial charge in [0, 0.05) is 30.8 Å². The van der Waals surface area contributed by atoms with E-state index in [0.29, 0.717) is 29.0 Å². The quantitative estimate of drug-likeness (QED) is 0.282. The Labute approximate surface area is 181 Å². The average Bonchev–Trinajstić information content (AvgIpc) is 2.76. The Kier molecular flexibility index (Phi) is 7.18. The topological polar surface area (TPSA) is 91.5 Å². The van der Waals surface area contributed by atoms with E-state index in [0.717, 1.165) is 12.1 Å². The number of aromatic nitrogens is 2. The summed E-state index contributed by atoms with van der Waals surface area (Å²) < 4.78 is 68.6. The van der Waals surface area contributed by atoms with Crippen LogP contribution >= 0.6 is 0 Å². The highest BCUT2D eigenvalue weighted by Crippen LogP contribution is 2.35. The van der Waals surface area contributed by atoms with Crippen molar-refractivity contribution in [3.05, 3.63) is 47.3 Å². The molecule has 0 saturated heterocycles. The van der Waals surface area contributed by atoms with Crippen molar-refractivity contribution < 1.29 is 31.8 Å². The second-order valence-electron chi connectivity index (χ2n) is 6.80. The molecular formula is C21H22F4N4O3.